The van der Waals surface area contributed by atoms with Crippen molar-refractivity contribution < 1.29 is 4.39 Å². The summed E-state index contributed by atoms with van der Waals surface area (Å²) in [5.74, 6) is -0.340. The summed E-state index contributed by atoms with van der Waals surface area (Å²) in [5, 5.41) is 9.87. The molecule has 2 rings (SSSR count). The van der Waals surface area contributed by atoms with Gasteiger partial charge in [0.1, 0.15) is 5.82 Å². The van der Waals surface area contributed by atoms with Gasteiger partial charge in [0, 0.05) is 24.0 Å². The molecule has 1 aliphatic rings. The Morgan fingerprint density at radius 3 is 2.60 bits per heavy atom. The van der Waals surface area contributed by atoms with Crippen molar-refractivity contribution in [1.29, 1.82) is 5.41 Å². The number of rotatable bonds is 2. The van der Waals surface area contributed by atoms with Crippen molar-refractivity contribution in [3.63, 3.8) is 0 Å². The Balaban J connectivity index is 0.000000347. The van der Waals surface area contributed by atoms with Gasteiger partial charge in [0.2, 0.25) is 0 Å². The Bertz CT molecular complexity index is 503. The van der Waals surface area contributed by atoms with E-state index in [0.29, 0.717) is 16.3 Å². The Morgan fingerprint density at radius 2 is 2.15 bits per heavy atom. The fourth-order valence-corrected chi connectivity index (χ4v) is 2.14. The second-order valence-electron chi connectivity index (χ2n) is 4.09. The van der Waals surface area contributed by atoms with E-state index in [2.05, 4.69) is 5.32 Å². The van der Waals surface area contributed by atoms with Crippen LogP contribution in [-0.4, -0.2) is 19.3 Å². The lowest BCUT2D eigenvalue weighted by molar-refractivity contribution is 0.622. The van der Waals surface area contributed by atoms with Crippen LogP contribution in [0, 0.1) is 11.2 Å². The third-order valence-electron chi connectivity index (χ3n) is 2.66. The molecule has 6 heteroatoms. The lowest BCUT2D eigenvalue weighted by atomic mass is 9.99. The first kappa shape index (κ1) is 16.2. The van der Waals surface area contributed by atoms with E-state index in [1.807, 2.05) is 6.08 Å². The summed E-state index contributed by atoms with van der Waals surface area (Å²) in [6, 6.07) is 2.90. The molecule has 0 spiro atoms. The minimum Gasteiger partial charge on any atom is -0.405 e. The van der Waals surface area contributed by atoms with Crippen LogP contribution in [0.4, 0.5) is 10.1 Å². The van der Waals surface area contributed by atoms with Gasteiger partial charge < -0.3 is 22.2 Å². The molecule has 1 heterocycles. The normalized spacial score (nSPS) is 14.4. The molecular formula is C14H18ClFN4. The molecular weight excluding hydrogens is 279 g/mol. The van der Waals surface area contributed by atoms with Gasteiger partial charge in [0.25, 0.3) is 0 Å². The van der Waals surface area contributed by atoms with Gasteiger partial charge in [-0.25, -0.2) is 4.39 Å². The summed E-state index contributed by atoms with van der Waals surface area (Å²) in [4.78, 5) is 0. The predicted octanol–water partition coefficient (Wildman–Crippen LogP) is 2.55. The maximum Gasteiger partial charge on any atom is 0.134 e. The predicted molar refractivity (Wildman–Crippen MR) is 83.4 cm³/mol. The molecule has 4 nitrogen and oxygen atoms in total. The zero-order valence-corrected chi connectivity index (χ0v) is 11.8. The fraction of sp³-hybridized carbons (Fsp3) is 0.214. The number of nitrogen functional groups attached to an aromatic ring is 1. The van der Waals surface area contributed by atoms with Crippen LogP contribution >= 0.6 is 11.6 Å². The number of allylic oxidation sites excluding steroid dienone is 1. The minimum absolute atomic E-state index is 0.340. The van der Waals surface area contributed by atoms with E-state index in [9.17, 15) is 4.39 Å². The van der Waals surface area contributed by atoms with E-state index >= 15 is 0 Å². The standard InChI is InChI=1S/C11H12ClFN2.C3H6N2/c12-9-5-8(14)6-10(13)11(9)7-1-3-15-4-2-7;4-2-1-3-5/h1,5-6,15H,2-4,14H2;1-4H,5H2/b;3-1-,4-2?. The topological polar surface area (TPSA) is 87.9 Å². The number of hydrogen-bond acceptors (Lipinski definition) is 4. The zero-order valence-electron chi connectivity index (χ0n) is 11.0. The van der Waals surface area contributed by atoms with Crippen LogP contribution in [0.5, 0.6) is 0 Å². The second kappa shape index (κ2) is 8.35. The highest BCUT2D eigenvalue weighted by atomic mass is 35.5. The number of hydrogen-bond donors (Lipinski definition) is 4. The van der Waals surface area contributed by atoms with Gasteiger partial charge in [-0.3, -0.25) is 0 Å². The van der Waals surface area contributed by atoms with Crippen LogP contribution in [0.2, 0.25) is 5.02 Å². The van der Waals surface area contributed by atoms with Crippen molar-refractivity contribution >= 4 is 29.1 Å². The van der Waals surface area contributed by atoms with Gasteiger partial charge >= 0.3 is 0 Å². The largest absolute Gasteiger partial charge is 0.405 e. The monoisotopic (exact) mass is 296 g/mol. The molecule has 1 aromatic carbocycles. The smallest absolute Gasteiger partial charge is 0.134 e. The van der Waals surface area contributed by atoms with E-state index in [-0.39, 0.29) is 5.82 Å². The second-order valence-corrected chi connectivity index (χ2v) is 4.50. The highest BCUT2D eigenvalue weighted by Crippen LogP contribution is 2.31. The number of nitrogens with two attached hydrogens (primary N) is 2. The maximum atomic E-state index is 13.7. The van der Waals surface area contributed by atoms with Crippen molar-refractivity contribution in [1.82, 2.24) is 5.32 Å². The van der Waals surface area contributed by atoms with Crippen LogP contribution in [0.1, 0.15) is 12.0 Å². The van der Waals surface area contributed by atoms with Gasteiger partial charge in [0.05, 0.1) is 5.02 Å². The summed E-state index contributed by atoms with van der Waals surface area (Å²) >= 11 is 5.99. The Kier molecular flexibility index (Phi) is 6.76. The molecule has 0 fully saturated rings. The van der Waals surface area contributed by atoms with E-state index in [4.69, 9.17) is 28.5 Å². The van der Waals surface area contributed by atoms with Crippen molar-refractivity contribution in [2.75, 3.05) is 18.8 Å². The van der Waals surface area contributed by atoms with Crippen LogP contribution in [-0.2, 0) is 0 Å². The molecule has 20 heavy (non-hydrogen) atoms. The number of halogens is 2. The molecule has 0 unspecified atom stereocenters. The van der Waals surface area contributed by atoms with Crippen LogP contribution in [0.3, 0.4) is 0 Å². The molecule has 0 atom stereocenters. The van der Waals surface area contributed by atoms with E-state index < -0.39 is 0 Å². The van der Waals surface area contributed by atoms with E-state index in [0.717, 1.165) is 31.3 Å². The van der Waals surface area contributed by atoms with Crippen molar-refractivity contribution in [2.45, 2.75) is 6.42 Å². The van der Waals surface area contributed by atoms with Gasteiger partial charge in [-0.15, -0.1) is 0 Å². The molecule has 0 saturated carbocycles. The molecule has 1 aromatic rings. The van der Waals surface area contributed by atoms with E-state index in [1.165, 1.54) is 18.3 Å². The zero-order chi connectivity index (χ0) is 15.0. The van der Waals surface area contributed by atoms with Crippen LogP contribution in [0.15, 0.2) is 30.5 Å². The lowest BCUT2D eigenvalue weighted by Crippen LogP contribution is -2.20. The third kappa shape index (κ3) is 4.68. The Labute approximate surface area is 122 Å². The van der Waals surface area contributed by atoms with Crippen LogP contribution in [0.25, 0.3) is 5.57 Å². The van der Waals surface area contributed by atoms with E-state index in [1.54, 1.807) is 6.07 Å². The molecule has 0 amide bonds. The Morgan fingerprint density at radius 1 is 1.40 bits per heavy atom. The number of nitrogens with one attached hydrogen (secondary N) is 2. The molecule has 0 aliphatic carbocycles. The van der Waals surface area contributed by atoms with Gasteiger partial charge in [-0.05, 0) is 42.9 Å². The Hall–Kier alpha value is -1.85. The van der Waals surface area contributed by atoms with Crippen molar-refractivity contribution in [3.05, 3.63) is 46.9 Å². The fourth-order valence-electron chi connectivity index (χ4n) is 1.80. The molecule has 1 aliphatic heterocycles. The summed E-state index contributed by atoms with van der Waals surface area (Å²) in [6.45, 7) is 1.61. The minimum atomic E-state index is -0.340. The van der Waals surface area contributed by atoms with Gasteiger partial charge in [-0.2, -0.15) is 0 Å². The first-order valence-corrected chi connectivity index (χ1v) is 6.50. The summed E-state index contributed by atoms with van der Waals surface area (Å²) in [6.07, 6.45) is 6.64. The van der Waals surface area contributed by atoms with Gasteiger partial charge in [0.15, 0.2) is 0 Å². The average Bonchev–Trinajstić information content (AvgIpc) is 2.40. The molecule has 0 saturated heterocycles. The van der Waals surface area contributed by atoms with Crippen molar-refractivity contribution in [2.24, 2.45) is 5.73 Å². The first-order chi connectivity index (χ1) is 9.60. The van der Waals surface area contributed by atoms with Gasteiger partial charge in [-0.1, -0.05) is 17.7 Å². The van der Waals surface area contributed by atoms with Crippen molar-refractivity contribution in [3.8, 4) is 0 Å². The molecule has 0 bridgehead atoms. The highest BCUT2D eigenvalue weighted by Gasteiger charge is 2.14. The summed E-state index contributed by atoms with van der Waals surface area (Å²) < 4.78 is 13.7. The number of anilines is 1. The maximum absolute atomic E-state index is 13.7. The highest BCUT2D eigenvalue weighted by molar-refractivity contribution is 6.32. The molecule has 0 radical (unpaired) electrons. The summed E-state index contributed by atoms with van der Waals surface area (Å²) in [5.41, 5.74) is 12.1. The molecule has 6 N–H and O–H groups in total. The quantitative estimate of drug-likeness (QED) is 0.499. The third-order valence-corrected chi connectivity index (χ3v) is 2.95. The lowest BCUT2D eigenvalue weighted by Gasteiger charge is -2.16. The summed E-state index contributed by atoms with van der Waals surface area (Å²) in [7, 11) is 0. The first-order valence-electron chi connectivity index (χ1n) is 6.12. The van der Waals surface area contributed by atoms with Crippen LogP contribution < -0.4 is 16.8 Å². The SMILES string of the molecule is N=C/C=C\N.Nc1cc(F)c(C2=CCNCC2)c(Cl)c1. The molecule has 108 valence electrons. The number of benzene rings is 1. The molecule has 0 aromatic heterocycles. The average molecular weight is 297 g/mol.